The van der Waals surface area contributed by atoms with Crippen LogP contribution in [0.2, 0.25) is 0 Å². The van der Waals surface area contributed by atoms with Crippen molar-refractivity contribution in [2.75, 3.05) is 168 Å². The van der Waals surface area contributed by atoms with E-state index in [-0.39, 0.29) is 76.1 Å². The van der Waals surface area contributed by atoms with E-state index in [1.807, 2.05) is 212 Å². The number of aromatic amines is 2. The van der Waals surface area contributed by atoms with Gasteiger partial charge in [0, 0.05) is 160 Å². The van der Waals surface area contributed by atoms with Crippen molar-refractivity contribution in [2.45, 2.75) is 200 Å². The van der Waals surface area contributed by atoms with Gasteiger partial charge in [-0.3, -0.25) is 77.6 Å². The molecule has 2 fully saturated rings. The van der Waals surface area contributed by atoms with Gasteiger partial charge in [-0.25, -0.2) is 9.97 Å². The quantitative estimate of drug-likeness (QED) is 0.0362. The SMILES string of the molecule is Cc1cc(C)c(-c2c3nc(c(-c4ccc(NC(=O)CN5CCN(CC(=O)OC(C)(C)C)CCN(CC(=O)OC(C)(C)C)CCN(CC(=O)OC(C)(C)C)CC5)cc4)c4ccc([nH]4)c(-c4c(C)cc(C)cc4C)c4nc(c(-c5ccc(NC(=O)CN6CCN(CC(=O)OC(C)(C)C)CCN(CC(=O)OC(C)(C)C)CCN(CC(=O)OC(C)(C)C)CC6)cc5)c5ccc2[nH]5)C=C4)C=C3)c(C)c1. The third-order valence-corrected chi connectivity index (χ3v) is 22.8. The van der Waals surface area contributed by atoms with E-state index in [2.05, 4.69) is 135 Å². The fourth-order valence-corrected chi connectivity index (χ4v) is 17.5. The van der Waals surface area contributed by atoms with E-state index < -0.39 is 57.5 Å². The van der Waals surface area contributed by atoms with Crippen LogP contribution in [0.4, 0.5) is 11.4 Å². The molecule has 2 amide bonds. The van der Waals surface area contributed by atoms with E-state index in [0.29, 0.717) is 127 Å². The van der Waals surface area contributed by atoms with Crippen molar-refractivity contribution >= 4 is 105 Å². The number of anilines is 2. The average Bonchev–Trinajstić information content (AvgIpc) is 1.60. The van der Waals surface area contributed by atoms with Crippen LogP contribution in [-0.4, -0.2) is 297 Å². The fraction of sp³-hybridized carbons (Fsp3) is 0.509. The van der Waals surface area contributed by atoms with Crippen LogP contribution in [0.15, 0.2) is 97.1 Å². The lowest BCUT2D eigenvalue weighted by atomic mass is 9.92. The smallest absolute Gasteiger partial charge is 0.320 e. The van der Waals surface area contributed by atoms with E-state index in [0.717, 1.165) is 111 Å². The summed E-state index contributed by atoms with van der Waals surface area (Å²) < 4.78 is 34.8. The Morgan fingerprint density at radius 2 is 0.455 bits per heavy atom. The zero-order valence-corrected chi connectivity index (χ0v) is 83.7. The van der Waals surface area contributed by atoms with Gasteiger partial charge >= 0.3 is 35.8 Å². The van der Waals surface area contributed by atoms with Gasteiger partial charge in [0.25, 0.3) is 0 Å². The van der Waals surface area contributed by atoms with Crippen LogP contribution in [0.1, 0.15) is 181 Å². The van der Waals surface area contributed by atoms with Gasteiger partial charge in [-0.1, -0.05) is 59.7 Å². The number of carbonyl (C=O) groups is 8. The van der Waals surface area contributed by atoms with Crippen molar-refractivity contribution in [2.24, 2.45) is 0 Å². The summed E-state index contributed by atoms with van der Waals surface area (Å²) in [6, 6.07) is 32.9. The normalized spacial score (nSPS) is 16.1. The molecule has 0 radical (unpaired) electrons. The molecule has 0 spiro atoms. The van der Waals surface area contributed by atoms with Crippen molar-refractivity contribution in [3.8, 4) is 44.5 Å². The number of fused-ring (bicyclic) bond motifs is 8. The minimum atomic E-state index is -0.721. The largest absolute Gasteiger partial charge is 0.459 e. The summed E-state index contributed by atoms with van der Waals surface area (Å²) in [5, 5.41) is 6.41. The summed E-state index contributed by atoms with van der Waals surface area (Å²) in [6.45, 7) is 51.9. The summed E-state index contributed by atoms with van der Waals surface area (Å²) in [6.07, 6.45) is 8.30. The molecule has 28 heteroatoms. The van der Waals surface area contributed by atoms with E-state index in [1.165, 1.54) is 0 Å². The number of aromatic nitrogens is 4. The summed E-state index contributed by atoms with van der Waals surface area (Å²) in [7, 11) is 0. The molecular formula is C106H144N14O14. The number of H-pyrrole nitrogens is 2. The van der Waals surface area contributed by atoms with E-state index in [9.17, 15) is 38.4 Å². The van der Waals surface area contributed by atoms with Gasteiger partial charge in [-0.05, 0) is 284 Å². The Morgan fingerprint density at radius 1 is 0.269 bits per heavy atom. The molecular weight excluding hydrogens is 1690 g/mol. The first kappa shape index (κ1) is 103. The van der Waals surface area contributed by atoms with Crippen molar-refractivity contribution in [1.29, 1.82) is 0 Å². The second-order valence-electron chi connectivity index (χ2n) is 42.0. The lowest BCUT2D eigenvalue weighted by molar-refractivity contribution is -0.158. The fourth-order valence-electron chi connectivity index (χ4n) is 17.5. The highest BCUT2D eigenvalue weighted by Crippen LogP contribution is 2.42. The number of hydrogen-bond acceptors (Lipinski definition) is 24. The monoisotopic (exact) mass is 1840 g/mol. The topological polar surface area (TPSA) is 299 Å². The molecule has 4 aliphatic rings. The Labute approximate surface area is 792 Å². The highest BCUT2D eigenvalue weighted by atomic mass is 16.6. The second-order valence-corrected chi connectivity index (χ2v) is 42.0. The van der Waals surface area contributed by atoms with Gasteiger partial charge in [-0.15, -0.1) is 0 Å². The van der Waals surface area contributed by atoms with Crippen molar-refractivity contribution in [3.63, 3.8) is 0 Å². The molecule has 722 valence electrons. The number of hydrogen-bond donors (Lipinski definition) is 4. The lowest BCUT2D eigenvalue weighted by Gasteiger charge is -2.34. The molecule has 4 N–H and O–H groups in total. The first-order chi connectivity index (χ1) is 62.7. The number of benzene rings is 4. The maximum Gasteiger partial charge on any atom is 0.320 e. The van der Waals surface area contributed by atoms with E-state index in [1.54, 1.807) is 0 Å². The van der Waals surface area contributed by atoms with Gasteiger partial charge in [-0.2, -0.15) is 0 Å². The van der Waals surface area contributed by atoms with Crippen LogP contribution in [0.25, 0.3) is 90.9 Å². The minimum absolute atomic E-state index is 0.00521. The minimum Gasteiger partial charge on any atom is -0.459 e. The maximum atomic E-state index is 14.7. The molecule has 4 aliphatic heterocycles. The number of amides is 2. The molecule has 0 saturated carbocycles. The number of aryl methyl sites for hydroxylation is 6. The number of esters is 6. The number of ether oxygens (including phenoxy) is 6. The summed E-state index contributed by atoms with van der Waals surface area (Å²) in [4.78, 5) is 146. The van der Waals surface area contributed by atoms with E-state index in [4.69, 9.17) is 38.4 Å². The second kappa shape index (κ2) is 44.2. The van der Waals surface area contributed by atoms with Gasteiger partial charge < -0.3 is 49.0 Å². The predicted octanol–water partition coefficient (Wildman–Crippen LogP) is 15.5. The molecule has 11 rings (SSSR count). The third kappa shape index (κ3) is 31.5. The van der Waals surface area contributed by atoms with Gasteiger partial charge in [0.05, 0.1) is 75.1 Å². The first-order valence-corrected chi connectivity index (χ1v) is 47.0. The highest BCUT2D eigenvalue weighted by Gasteiger charge is 2.32. The summed E-state index contributed by atoms with van der Waals surface area (Å²) in [5.41, 5.74) is 16.5. The molecule has 7 heterocycles. The van der Waals surface area contributed by atoms with Crippen LogP contribution < -0.4 is 10.6 Å². The van der Waals surface area contributed by atoms with Crippen molar-refractivity contribution in [1.82, 2.24) is 59.1 Å². The van der Waals surface area contributed by atoms with Crippen LogP contribution >= 0.6 is 0 Å². The molecule has 0 atom stereocenters. The summed E-state index contributed by atoms with van der Waals surface area (Å²) in [5.74, 6) is -2.86. The number of nitrogens with one attached hydrogen (secondary N) is 4. The Balaban J connectivity index is 0.944. The zero-order valence-electron chi connectivity index (χ0n) is 83.7. The predicted molar refractivity (Wildman–Crippen MR) is 533 cm³/mol. The Hall–Kier alpha value is -11.1. The Morgan fingerprint density at radius 3 is 0.657 bits per heavy atom. The molecule has 2 saturated heterocycles. The van der Waals surface area contributed by atoms with Crippen molar-refractivity contribution in [3.05, 3.63) is 153 Å². The first-order valence-electron chi connectivity index (χ1n) is 47.0. The molecule has 8 bridgehead atoms. The molecule has 134 heavy (non-hydrogen) atoms. The Bertz CT molecular complexity index is 5170. The molecule has 0 aliphatic carbocycles. The lowest BCUT2D eigenvalue weighted by Crippen LogP contribution is -2.50. The molecule has 4 aromatic carbocycles. The van der Waals surface area contributed by atoms with Crippen molar-refractivity contribution < 1.29 is 66.8 Å². The van der Waals surface area contributed by atoms with Crippen LogP contribution in [0, 0.1) is 41.5 Å². The van der Waals surface area contributed by atoms with Crippen LogP contribution in [-0.2, 0) is 66.8 Å². The third-order valence-electron chi connectivity index (χ3n) is 22.8. The molecule has 0 unspecified atom stereocenters. The van der Waals surface area contributed by atoms with Gasteiger partial charge in [0.1, 0.15) is 33.6 Å². The number of rotatable bonds is 22. The van der Waals surface area contributed by atoms with E-state index >= 15 is 0 Å². The van der Waals surface area contributed by atoms with Crippen LogP contribution in [0.5, 0.6) is 0 Å². The molecule has 28 nitrogen and oxygen atoms in total. The number of carbonyl (C=O) groups excluding carboxylic acids is 8. The standard InChI is InChI=1S/C106H144N14O14/c1-69-57-71(3)95(72(4)58-69)99-83-37-33-79(109-83)97(75-25-29-77(30-26-75)107-87(121)61-113-41-45-115(63-89(123)129-101(7,8)9)49-53-119(67-93(127)133-105(19,20)21)54-50-116(46-42-113)64-90(124)130-102(10,11)12)81-35-39-85(111-81)100(96-73(5)59-70(2)60-74(96)6)86-40-36-82(112-86)98(80-34-38-84(99)110-80)76-27-31-78(32-28-76)108-88(122)62-114-43-47-117(65-91(125)131-103(13,14)15)51-55-120(68-94(128)134-106(22,23)24)56-52-118(48-44-114)66-92(126)132-104(16,17)18/h25-40,57-60,109,112H,41-56,61-68H2,1-24H3,(H,107,121)(H,108,122). The maximum absolute atomic E-state index is 14.7. The van der Waals surface area contributed by atoms with Crippen LogP contribution in [0.3, 0.4) is 0 Å². The molecule has 7 aromatic rings. The average molecular weight is 1840 g/mol. The summed E-state index contributed by atoms with van der Waals surface area (Å²) >= 11 is 0. The Kier molecular flexibility index (Phi) is 34.1. The molecule has 3 aromatic heterocycles. The highest BCUT2D eigenvalue weighted by molar-refractivity contribution is 6.02. The van der Waals surface area contributed by atoms with Gasteiger partial charge in [0.2, 0.25) is 11.8 Å². The zero-order chi connectivity index (χ0) is 97.7. The van der Waals surface area contributed by atoms with Gasteiger partial charge in [0.15, 0.2) is 0 Å². The number of nitrogens with zero attached hydrogens (tertiary/aromatic N) is 10.